The zero-order chi connectivity index (χ0) is 36.2. The molecule has 0 unspecified atom stereocenters. The highest BCUT2D eigenvalue weighted by molar-refractivity contribution is 6.40. The van der Waals surface area contributed by atoms with Gasteiger partial charge in [-0.1, -0.05) is 23.2 Å². The van der Waals surface area contributed by atoms with E-state index < -0.39 is 116 Å². The van der Waals surface area contributed by atoms with Crippen molar-refractivity contribution in [1.82, 2.24) is 10.6 Å². The van der Waals surface area contributed by atoms with Crippen molar-refractivity contribution in [2.75, 3.05) is 0 Å². The molecular weight excluding hydrogens is 725 g/mol. The van der Waals surface area contributed by atoms with Crippen LogP contribution < -0.4 is 10.6 Å². The van der Waals surface area contributed by atoms with Gasteiger partial charge in [0, 0.05) is 16.3 Å². The fourth-order valence-electron chi connectivity index (χ4n) is 3.67. The lowest BCUT2D eigenvalue weighted by Gasteiger charge is -2.29. The number of hydrogen-bond acceptors (Lipinski definition) is 4. The second-order valence-corrected chi connectivity index (χ2v) is 9.79. The van der Waals surface area contributed by atoms with Crippen LogP contribution in [0.1, 0.15) is 54.3 Å². The normalized spacial score (nSPS) is 13.5. The second-order valence-electron chi connectivity index (χ2n) is 8.97. The molecule has 0 atom stereocenters. The Labute approximate surface area is 253 Å². The van der Waals surface area contributed by atoms with Gasteiger partial charge in [0.2, 0.25) is 0 Å². The Bertz CT molecular complexity index is 1610. The van der Waals surface area contributed by atoms with Crippen molar-refractivity contribution in [3.05, 3.63) is 44.4 Å². The number of carboxylic acid groups (broad SMARTS) is 2. The predicted molar refractivity (Wildman–Crippen MR) is 124 cm³/mol. The summed E-state index contributed by atoms with van der Waals surface area (Å²) in [5, 5.41) is 13.1. The van der Waals surface area contributed by atoms with Gasteiger partial charge in [0.05, 0.1) is 26.7 Å². The van der Waals surface area contributed by atoms with Gasteiger partial charge in [0.1, 0.15) is 12.8 Å². The molecule has 0 aromatic heterocycles. The summed E-state index contributed by atoms with van der Waals surface area (Å²) in [5.74, 6) is -22.3. The average Bonchev–Trinajstić information content (AvgIpc) is 2.78. The van der Waals surface area contributed by atoms with Crippen molar-refractivity contribution in [2.45, 2.75) is 49.1 Å². The number of nitrogens with one attached hydrogen (secondary N) is 2. The first-order valence-electron chi connectivity index (χ1n) is 11.1. The molecule has 0 bridgehead atoms. The number of carboxylic acids is 2. The van der Waals surface area contributed by atoms with Crippen LogP contribution in [0.25, 0.3) is 10.8 Å². The molecule has 0 heterocycles. The third-order valence-electron chi connectivity index (χ3n) is 5.53. The van der Waals surface area contributed by atoms with Gasteiger partial charge in [0.15, 0.2) is 0 Å². The third-order valence-corrected chi connectivity index (χ3v) is 6.13. The van der Waals surface area contributed by atoms with E-state index in [9.17, 15) is 90.9 Å². The van der Waals surface area contributed by atoms with Gasteiger partial charge in [-0.15, -0.1) is 0 Å². The van der Waals surface area contributed by atoms with Crippen molar-refractivity contribution < 1.29 is 90.9 Å². The van der Waals surface area contributed by atoms with E-state index in [1.807, 2.05) is 0 Å². The zero-order valence-corrected chi connectivity index (χ0v) is 22.7. The van der Waals surface area contributed by atoms with E-state index in [4.69, 9.17) is 23.2 Å². The molecule has 46 heavy (non-hydrogen) atoms. The van der Waals surface area contributed by atoms with Crippen LogP contribution in [0.15, 0.2) is 12.1 Å². The molecular formula is C22H10Cl2F14N2O6. The number of benzene rings is 2. The molecule has 0 saturated heterocycles. The number of carbonyl (C=O) groups excluding carboxylic acids is 2. The molecule has 8 nitrogen and oxygen atoms in total. The third kappa shape index (κ3) is 7.93. The molecule has 24 heteroatoms. The number of alkyl halides is 14. The molecule has 4 N–H and O–H groups in total. The Hall–Kier alpha value is -3.82. The molecule has 2 rings (SSSR count). The molecule has 0 fully saturated rings. The number of fused-ring (bicyclic) bond motifs is 1. The first-order valence-corrected chi connectivity index (χ1v) is 11.9. The Morgan fingerprint density at radius 2 is 0.913 bits per heavy atom. The standard InChI is InChI=1S/C22H10Cl2F14N2O6/c23-7-1-5(13(41)39-21(35,36)17(25,26)3-19(29,30)31)9-10(6(15(43)44)2-8(24)12(9)16(45)46)11(7)14(42)40-22(37,38)18(27,28)4-20(32,33)34/h1-2H,3-4H2,(H,39,41)(H,40,42)(H,43,44)(H,45,46). The van der Waals surface area contributed by atoms with Crippen LogP contribution in [0.4, 0.5) is 61.5 Å². The van der Waals surface area contributed by atoms with Gasteiger partial charge in [-0.2, -0.15) is 61.5 Å². The fourth-order valence-corrected chi connectivity index (χ4v) is 4.25. The van der Waals surface area contributed by atoms with Crippen molar-refractivity contribution in [1.29, 1.82) is 0 Å². The highest BCUT2D eigenvalue weighted by Gasteiger charge is 2.63. The Kier molecular flexibility index (Phi) is 10.1. The molecule has 0 saturated carbocycles. The highest BCUT2D eigenvalue weighted by atomic mass is 35.5. The van der Waals surface area contributed by atoms with Crippen molar-refractivity contribution in [3.63, 3.8) is 0 Å². The number of aromatic carboxylic acids is 2. The second kappa shape index (κ2) is 12.1. The van der Waals surface area contributed by atoms with E-state index in [1.165, 1.54) is 0 Å². The minimum Gasteiger partial charge on any atom is -0.478 e. The fraction of sp³-hybridized carbons (Fsp3) is 0.364. The topological polar surface area (TPSA) is 133 Å². The van der Waals surface area contributed by atoms with Gasteiger partial charge in [-0.25, -0.2) is 9.59 Å². The van der Waals surface area contributed by atoms with Crippen molar-refractivity contribution >= 4 is 57.7 Å². The van der Waals surface area contributed by atoms with Crippen LogP contribution in [0, 0.1) is 0 Å². The minimum atomic E-state index is -6.15. The molecule has 0 aliphatic carbocycles. The number of hydrogen-bond donors (Lipinski definition) is 4. The summed E-state index contributed by atoms with van der Waals surface area (Å²) in [5.41, 5.74) is -6.76. The van der Waals surface area contributed by atoms with Gasteiger partial charge in [0.25, 0.3) is 11.8 Å². The molecule has 2 amide bonds. The molecule has 2 aromatic carbocycles. The molecule has 256 valence electrons. The van der Waals surface area contributed by atoms with Crippen LogP contribution in [0.3, 0.4) is 0 Å². The maximum absolute atomic E-state index is 14.2. The maximum Gasteiger partial charge on any atom is 0.395 e. The van der Waals surface area contributed by atoms with E-state index in [-0.39, 0.29) is 22.8 Å². The van der Waals surface area contributed by atoms with Crippen molar-refractivity contribution in [3.8, 4) is 0 Å². The number of amides is 2. The molecule has 0 aliphatic heterocycles. The summed E-state index contributed by atoms with van der Waals surface area (Å²) in [6.07, 6.45) is -19.0. The van der Waals surface area contributed by atoms with Gasteiger partial charge in [-0.05, 0) is 12.1 Å². The lowest BCUT2D eigenvalue weighted by atomic mass is 9.90. The van der Waals surface area contributed by atoms with Crippen LogP contribution in [-0.4, -0.2) is 70.3 Å². The van der Waals surface area contributed by atoms with E-state index in [1.54, 1.807) is 0 Å². The van der Waals surface area contributed by atoms with Crippen molar-refractivity contribution in [2.24, 2.45) is 0 Å². The Balaban J connectivity index is 2.96. The van der Waals surface area contributed by atoms with Crippen LogP contribution in [-0.2, 0) is 0 Å². The SMILES string of the molecule is O=C(O)c1cc(Cl)c(C(=O)O)c2c(C(=O)NC(F)(F)C(F)(F)CC(F)(F)F)cc(Cl)c(C(=O)NC(F)(F)C(F)(F)CC(F)(F)F)c12. The van der Waals surface area contributed by atoms with E-state index >= 15 is 0 Å². The van der Waals surface area contributed by atoms with E-state index in [0.29, 0.717) is 0 Å². The summed E-state index contributed by atoms with van der Waals surface area (Å²) in [4.78, 5) is 49.3. The van der Waals surface area contributed by atoms with Crippen LogP contribution in [0.5, 0.6) is 0 Å². The Morgan fingerprint density at radius 3 is 1.28 bits per heavy atom. The Morgan fingerprint density at radius 1 is 0.565 bits per heavy atom. The van der Waals surface area contributed by atoms with Crippen LogP contribution in [0.2, 0.25) is 10.0 Å². The molecule has 0 aliphatic rings. The molecule has 2 aromatic rings. The average molecular weight is 735 g/mol. The van der Waals surface area contributed by atoms with Gasteiger partial charge >= 0.3 is 48.2 Å². The smallest absolute Gasteiger partial charge is 0.395 e. The number of rotatable bonds is 10. The highest BCUT2D eigenvalue weighted by Crippen LogP contribution is 2.44. The van der Waals surface area contributed by atoms with E-state index in [2.05, 4.69) is 0 Å². The quantitative estimate of drug-likeness (QED) is 0.149. The minimum absolute atomic E-state index is 0.104. The van der Waals surface area contributed by atoms with Gasteiger partial charge < -0.3 is 10.2 Å². The summed E-state index contributed by atoms with van der Waals surface area (Å²) < 4.78 is 186. The summed E-state index contributed by atoms with van der Waals surface area (Å²) in [6, 6.07) is -12.4. The first-order chi connectivity index (χ1) is 20.4. The maximum atomic E-state index is 14.2. The largest absolute Gasteiger partial charge is 0.478 e. The van der Waals surface area contributed by atoms with Gasteiger partial charge in [-0.3, -0.25) is 20.2 Å². The molecule has 0 radical (unpaired) electrons. The monoisotopic (exact) mass is 734 g/mol. The summed E-state index contributed by atoms with van der Waals surface area (Å²) in [6.45, 7) is 0. The van der Waals surface area contributed by atoms with E-state index in [0.717, 1.165) is 0 Å². The lowest BCUT2D eigenvalue weighted by Crippen LogP contribution is -2.56. The van der Waals surface area contributed by atoms with Crippen LogP contribution >= 0.6 is 23.2 Å². The first kappa shape index (κ1) is 38.4. The summed E-state index contributed by atoms with van der Waals surface area (Å²) >= 11 is 11.4. The lowest BCUT2D eigenvalue weighted by molar-refractivity contribution is -0.270. The zero-order valence-electron chi connectivity index (χ0n) is 21.1. The number of halogens is 16. The molecule has 0 spiro atoms. The summed E-state index contributed by atoms with van der Waals surface area (Å²) in [7, 11) is 0. The number of carbonyl (C=O) groups is 4. The predicted octanol–water partition coefficient (Wildman–Crippen LogP) is 7.36.